The topological polar surface area (TPSA) is 39.4 Å². The first kappa shape index (κ1) is 10.2. The summed E-state index contributed by atoms with van der Waals surface area (Å²) in [6, 6.07) is 0. The van der Waals surface area contributed by atoms with Crippen LogP contribution in [0.25, 0.3) is 5.65 Å². The molecule has 0 aliphatic rings. The van der Waals surface area contributed by atoms with Crippen LogP contribution >= 0.6 is 15.9 Å². The normalized spacial score (nSPS) is 11.3. The van der Waals surface area contributed by atoms with Gasteiger partial charge >= 0.3 is 0 Å². The number of fused-ring (bicyclic) bond motifs is 1. The molecule has 15 heavy (non-hydrogen) atoms. The Kier molecular flexibility index (Phi) is 3.01. The smallest absolute Gasteiger partial charge is 0.259 e. The van der Waals surface area contributed by atoms with E-state index in [-0.39, 0.29) is 0 Å². The lowest BCUT2D eigenvalue weighted by molar-refractivity contribution is 0.349. The predicted molar refractivity (Wildman–Crippen MR) is 61.0 cm³/mol. The quantitative estimate of drug-likeness (QED) is 0.802. The molecule has 2 rings (SSSR count). The van der Waals surface area contributed by atoms with Crippen LogP contribution in [0.15, 0.2) is 35.3 Å². The second kappa shape index (κ2) is 4.44. The van der Waals surface area contributed by atoms with Crippen molar-refractivity contribution in [1.29, 1.82) is 0 Å². The van der Waals surface area contributed by atoms with E-state index in [1.807, 2.05) is 35.9 Å². The zero-order valence-electron chi connectivity index (χ0n) is 8.22. The Hall–Kier alpha value is -1.36. The van der Waals surface area contributed by atoms with E-state index < -0.39 is 0 Å². The van der Waals surface area contributed by atoms with Gasteiger partial charge in [0.2, 0.25) is 5.65 Å². The minimum absolute atomic E-state index is 0.502. The van der Waals surface area contributed by atoms with Crippen LogP contribution in [0.5, 0.6) is 5.88 Å². The Morgan fingerprint density at radius 2 is 2.47 bits per heavy atom. The summed E-state index contributed by atoms with van der Waals surface area (Å²) in [6.07, 6.45) is 9.25. The van der Waals surface area contributed by atoms with Gasteiger partial charge in [0.25, 0.3) is 5.88 Å². The van der Waals surface area contributed by atoms with Gasteiger partial charge in [0, 0.05) is 18.6 Å². The highest BCUT2D eigenvalue weighted by atomic mass is 79.9. The van der Waals surface area contributed by atoms with E-state index in [4.69, 9.17) is 4.74 Å². The fraction of sp³-hybridized carbons (Fsp3) is 0.200. The van der Waals surface area contributed by atoms with Crippen molar-refractivity contribution in [3.8, 4) is 5.88 Å². The van der Waals surface area contributed by atoms with Gasteiger partial charge in [0.15, 0.2) is 0 Å². The molecule has 0 bridgehead atoms. The molecule has 0 saturated carbocycles. The number of imidazole rings is 1. The molecule has 4 nitrogen and oxygen atoms in total. The molecule has 0 N–H and O–H groups in total. The van der Waals surface area contributed by atoms with Gasteiger partial charge in [0.1, 0.15) is 11.2 Å². The number of nitrogens with zero attached hydrogens (tertiary/aromatic N) is 3. The minimum atomic E-state index is 0.502. The molecule has 0 saturated heterocycles. The molecule has 2 aromatic heterocycles. The maximum atomic E-state index is 5.49. The van der Waals surface area contributed by atoms with Gasteiger partial charge in [0.05, 0.1) is 0 Å². The van der Waals surface area contributed by atoms with Gasteiger partial charge in [-0.1, -0.05) is 12.2 Å². The summed E-state index contributed by atoms with van der Waals surface area (Å²) in [5.74, 6) is 0.535. The molecule has 0 spiro atoms. The molecule has 0 atom stereocenters. The Morgan fingerprint density at radius 3 is 3.27 bits per heavy atom. The van der Waals surface area contributed by atoms with Crippen molar-refractivity contribution in [2.45, 2.75) is 6.92 Å². The highest BCUT2D eigenvalue weighted by Gasteiger charge is 2.06. The van der Waals surface area contributed by atoms with Crippen molar-refractivity contribution >= 4 is 21.6 Å². The first-order chi connectivity index (χ1) is 7.31. The van der Waals surface area contributed by atoms with Crippen molar-refractivity contribution in [2.24, 2.45) is 0 Å². The van der Waals surface area contributed by atoms with Crippen LogP contribution in [0.3, 0.4) is 0 Å². The number of halogens is 1. The van der Waals surface area contributed by atoms with Crippen LogP contribution in [0.4, 0.5) is 0 Å². The Balaban J connectivity index is 2.35. The zero-order chi connectivity index (χ0) is 10.7. The van der Waals surface area contributed by atoms with E-state index in [9.17, 15) is 0 Å². The minimum Gasteiger partial charge on any atom is -0.471 e. The average molecular weight is 268 g/mol. The second-order valence-electron chi connectivity index (χ2n) is 2.91. The van der Waals surface area contributed by atoms with E-state index in [0.29, 0.717) is 12.5 Å². The molecule has 0 unspecified atom stereocenters. The Morgan fingerprint density at radius 1 is 1.60 bits per heavy atom. The summed E-state index contributed by atoms with van der Waals surface area (Å²) < 4.78 is 8.08. The van der Waals surface area contributed by atoms with Crippen LogP contribution < -0.4 is 4.74 Å². The molecule has 0 aliphatic carbocycles. The molecule has 2 heterocycles. The Labute approximate surface area is 95.7 Å². The first-order valence-electron chi connectivity index (χ1n) is 4.54. The van der Waals surface area contributed by atoms with Gasteiger partial charge < -0.3 is 4.74 Å². The van der Waals surface area contributed by atoms with E-state index in [1.54, 1.807) is 6.20 Å². The number of rotatable bonds is 3. The van der Waals surface area contributed by atoms with Crippen LogP contribution in [0.1, 0.15) is 6.92 Å². The van der Waals surface area contributed by atoms with E-state index in [0.717, 1.165) is 10.3 Å². The summed E-state index contributed by atoms with van der Waals surface area (Å²) in [6.45, 7) is 2.45. The van der Waals surface area contributed by atoms with Crippen molar-refractivity contribution in [3.63, 3.8) is 0 Å². The lowest BCUT2D eigenvalue weighted by Gasteiger charge is -2.04. The summed E-state index contributed by atoms with van der Waals surface area (Å²) in [5, 5.41) is 0. The predicted octanol–water partition coefficient (Wildman–Crippen LogP) is 2.45. The lowest BCUT2D eigenvalue weighted by Crippen LogP contribution is -1.99. The third-order valence-corrected chi connectivity index (χ3v) is 2.25. The molecule has 5 heteroatoms. The molecule has 78 valence electrons. The zero-order valence-corrected chi connectivity index (χ0v) is 9.81. The molecule has 0 amide bonds. The summed E-state index contributed by atoms with van der Waals surface area (Å²) in [7, 11) is 0. The molecule has 0 radical (unpaired) electrons. The maximum absolute atomic E-state index is 5.49. The fourth-order valence-electron chi connectivity index (χ4n) is 1.19. The average Bonchev–Trinajstić information content (AvgIpc) is 2.65. The van der Waals surface area contributed by atoms with E-state index in [2.05, 4.69) is 25.9 Å². The standard InChI is InChI=1S/C10H10BrN3O/c1-2-3-6-15-10-9-12-4-5-14(9)7-8(11)13-10/h2-5,7H,6H2,1H3. The number of ether oxygens (including phenoxy) is 1. The molecular weight excluding hydrogens is 258 g/mol. The maximum Gasteiger partial charge on any atom is 0.259 e. The number of hydrogen-bond acceptors (Lipinski definition) is 3. The molecule has 0 aromatic carbocycles. The summed E-state index contributed by atoms with van der Waals surface area (Å²) >= 11 is 3.32. The first-order valence-corrected chi connectivity index (χ1v) is 5.33. The van der Waals surface area contributed by atoms with Crippen LogP contribution in [-0.4, -0.2) is 21.0 Å². The van der Waals surface area contributed by atoms with Gasteiger partial charge in [-0.15, -0.1) is 0 Å². The van der Waals surface area contributed by atoms with Crippen LogP contribution in [0, 0.1) is 0 Å². The number of hydrogen-bond donors (Lipinski definition) is 0. The van der Waals surface area contributed by atoms with E-state index in [1.165, 1.54) is 0 Å². The third kappa shape index (κ3) is 2.18. The van der Waals surface area contributed by atoms with Crippen molar-refractivity contribution < 1.29 is 4.74 Å². The summed E-state index contributed by atoms with van der Waals surface area (Å²) in [5.41, 5.74) is 0.725. The molecule has 2 aromatic rings. The number of allylic oxidation sites excluding steroid dienone is 1. The van der Waals surface area contributed by atoms with Crippen LogP contribution in [0.2, 0.25) is 0 Å². The van der Waals surface area contributed by atoms with Gasteiger partial charge in [-0.05, 0) is 22.9 Å². The number of aromatic nitrogens is 3. The summed E-state index contributed by atoms with van der Waals surface area (Å²) in [4.78, 5) is 8.39. The molecule has 0 fully saturated rings. The molecule has 0 aliphatic heterocycles. The van der Waals surface area contributed by atoms with Gasteiger partial charge in [-0.2, -0.15) is 0 Å². The van der Waals surface area contributed by atoms with Crippen molar-refractivity contribution in [1.82, 2.24) is 14.4 Å². The highest BCUT2D eigenvalue weighted by Crippen LogP contribution is 2.18. The van der Waals surface area contributed by atoms with E-state index >= 15 is 0 Å². The van der Waals surface area contributed by atoms with Crippen LogP contribution in [-0.2, 0) is 0 Å². The monoisotopic (exact) mass is 267 g/mol. The second-order valence-corrected chi connectivity index (χ2v) is 3.72. The highest BCUT2D eigenvalue weighted by molar-refractivity contribution is 9.10. The van der Waals surface area contributed by atoms with Gasteiger partial charge in [-0.3, -0.25) is 4.40 Å². The van der Waals surface area contributed by atoms with Gasteiger partial charge in [-0.25, -0.2) is 9.97 Å². The fourth-order valence-corrected chi connectivity index (χ4v) is 1.58. The Bertz CT molecular complexity index is 492. The van der Waals surface area contributed by atoms with Crippen molar-refractivity contribution in [3.05, 3.63) is 35.3 Å². The largest absolute Gasteiger partial charge is 0.471 e. The molecular formula is C10H10BrN3O. The SMILES string of the molecule is CC=CCOc1nc(Br)cn2ccnc12. The lowest BCUT2D eigenvalue weighted by atomic mass is 10.5. The third-order valence-electron chi connectivity index (χ3n) is 1.87. The van der Waals surface area contributed by atoms with Crippen molar-refractivity contribution in [2.75, 3.05) is 6.61 Å².